The number of benzene rings is 1. The molecule has 2 fully saturated rings. The van der Waals surface area contributed by atoms with E-state index in [9.17, 15) is 9.59 Å². The number of aromatic nitrogens is 1. The van der Waals surface area contributed by atoms with Crippen molar-refractivity contribution in [2.75, 3.05) is 50.8 Å². The zero-order chi connectivity index (χ0) is 25.0. The van der Waals surface area contributed by atoms with Gasteiger partial charge < -0.3 is 24.2 Å². The summed E-state index contributed by atoms with van der Waals surface area (Å²) in [6, 6.07) is 8.06. The van der Waals surface area contributed by atoms with Crippen LogP contribution in [0.25, 0.3) is 0 Å². The molecule has 1 aromatic heterocycles. The number of hydrogen-bond acceptors (Lipinski definition) is 7. The maximum Gasteiger partial charge on any atom is 0.410 e. The van der Waals surface area contributed by atoms with Crippen LogP contribution in [0.3, 0.4) is 0 Å². The Kier molecular flexibility index (Phi) is 7.84. The fourth-order valence-corrected chi connectivity index (χ4v) is 5.48. The number of para-hydroxylation sites is 2. The van der Waals surface area contributed by atoms with Crippen LogP contribution in [0.15, 0.2) is 29.6 Å². The van der Waals surface area contributed by atoms with Gasteiger partial charge in [-0.1, -0.05) is 12.1 Å². The number of thiazole rings is 1. The lowest BCUT2D eigenvalue weighted by molar-refractivity contribution is 0.0204. The number of hydrogen-bond donors (Lipinski definition) is 0. The van der Waals surface area contributed by atoms with Gasteiger partial charge in [0, 0.05) is 50.6 Å². The molecule has 2 aliphatic rings. The largest absolute Gasteiger partial charge is 0.492 e. The highest BCUT2D eigenvalue weighted by Crippen LogP contribution is 2.32. The number of anilines is 1. The van der Waals surface area contributed by atoms with Crippen LogP contribution >= 0.6 is 11.3 Å². The van der Waals surface area contributed by atoms with E-state index in [1.54, 1.807) is 16.2 Å². The number of piperidine rings is 1. The van der Waals surface area contributed by atoms with E-state index in [4.69, 9.17) is 14.5 Å². The molecular weight excluding hydrogens is 464 g/mol. The Balaban J connectivity index is 1.30. The van der Waals surface area contributed by atoms with E-state index < -0.39 is 5.60 Å². The summed E-state index contributed by atoms with van der Waals surface area (Å²) in [6.45, 7) is 12.4. The molecule has 35 heavy (non-hydrogen) atoms. The van der Waals surface area contributed by atoms with Crippen molar-refractivity contribution in [3.63, 3.8) is 0 Å². The molecule has 2 saturated heterocycles. The molecule has 8 nitrogen and oxygen atoms in total. The van der Waals surface area contributed by atoms with Crippen LogP contribution in [-0.4, -0.2) is 78.3 Å². The minimum Gasteiger partial charge on any atom is -0.492 e. The summed E-state index contributed by atoms with van der Waals surface area (Å²) in [5.41, 5.74) is 1.12. The Hall–Kier alpha value is -2.81. The van der Waals surface area contributed by atoms with Crippen molar-refractivity contribution in [1.29, 1.82) is 0 Å². The molecule has 9 heteroatoms. The fraction of sp³-hybridized carbons (Fsp3) is 0.577. The molecule has 190 valence electrons. The maximum atomic E-state index is 13.1. The highest BCUT2D eigenvalue weighted by Gasteiger charge is 2.30. The highest BCUT2D eigenvalue weighted by molar-refractivity contribution is 7.09. The molecule has 0 N–H and O–H groups in total. The van der Waals surface area contributed by atoms with E-state index in [-0.39, 0.29) is 17.9 Å². The summed E-state index contributed by atoms with van der Waals surface area (Å²) >= 11 is 1.55. The fourth-order valence-electron chi connectivity index (χ4n) is 4.52. The van der Waals surface area contributed by atoms with Gasteiger partial charge in [-0.3, -0.25) is 4.79 Å². The molecule has 3 heterocycles. The Labute approximate surface area is 211 Å². The summed E-state index contributed by atoms with van der Waals surface area (Å²) in [5.74, 6) is 1.15. The lowest BCUT2D eigenvalue weighted by atomic mass is 9.98. The molecule has 0 unspecified atom stereocenters. The normalized spacial score (nSPS) is 17.4. The van der Waals surface area contributed by atoms with Crippen LogP contribution in [0.5, 0.6) is 5.75 Å². The van der Waals surface area contributed by atoms with E-state index >= 15 is 0 Å². The third-order valence-corrected chi connectivity index (χ3v) is 7.32. The summed E-state index contributed by atoms with van der Waals surface area (Å²) in [4.78, 5) is 36.1. The van der Waals surface area contributed by atoms with Gasteiger partial charge in [0.25, 0.3) is 5.91 Å². The first-order valence-electron chi connectivity index (χ1n) is 12.4. The molecule has 1 aromatic carbocycles. The molecule has 0 radical (unpaired) electrons. The van der Waals surface area contributed by atoms with Gasteiger partial charge in [0.1, 0.15) is 17.0 Å². The van der Waals surface area contributed by atoms with E-state index in [2.05, 4.69) is 11.0 Å². The monoisotopic (exact) mass is 500 g/mol. The number of rotatable bonds is 5. The van der Waals surface area contributed by atoms with Gasteiger partial charge in [0.2, 0.25) is 0 Å². The number of likely N-dealkylation sites (tertiary alicyclic amines) is 1. The van der Waals surface area contributed by atoms with Crippen molar-refractivity contribution in [2.45, 2.75) is 52.1 Å². The van der Waals surface area contributed by atoms with Gasteiger partial charge >= 0.3 is 6.09 Å². The van der Waals surface area contributed by atoms with Crippen LogP contribution in [0, 0.1) is 0 Å². The molecule has 0 atom stereocenters. The molecule has 4 rings (SSSR count). The minimum atomic E-state index is -0.489. The second-order valence-electron chi connectivity index (χ2n) is 9.99. The summed E-state index contributed by atoms with van der Waals surface area (Å²) in [6.07, 6.45) is 1.41. The van der Waals surface area contributed by atoms with Crippen LogP contribution in [0.2, 0.25) is 0 Å². The minimum absolute atomic E-state index is 0.00330. The summed E-state index contributed by atoms with van der Waals surface area (Å²) < 4.78 is 11.3. The number of ether oxygens (including phenoxy) is 2. The van der Waals surface area contributed by atoms with E-state index in [0.717, 1.165) is 42.4 Å². The van der Waals surface area contributed by atoms with Crippen molar-refractivity contribution < 1.29 is 19.1 Å². The lowest BCUT2D eigenvalue weighted by Crippen LogP contribution is -2.49. The molecule has 2 amide bonds. The zero-order valence-corrected chi connectivity index (χ0v) is 22.0. The number of piperazine rings is 1. The van der Waals surface area contributed by atoms with Gasteiger partial charge in [-0.15, -0.1) is 11.3 Å². The SMILES string of the molecule is CCOc1ccccc1N1CCN(C(=O)c2csc(C3CCN(C(=O)OC(C)(C)C)CC3)n2)CC1. The quantitative estimate of drug-likeness (QED) is 0.596. The van der Waals surface area contributed by atoms with E-state index in [1.807, 2.05) is 56.2 Å². The van der Waals surface area contributed by atoms with Crippen molar-refractivity contribution in [1.82, 2.24) is 14.8 Å². The molecule has 0 saturated carbocycles. The Morgan fingerprint density at radius 2 is 1.71 bits per heavy atom. The molecule has 2 aliphatic heterocycles. The molecule has 2 aromatic rings. The van der Waals surface area contributed by atoms with Gasteiger partial charge in [-0.05, 0) is 52.7 Å². The Bertz CT molecular complexity index is 1020. The average molecular weight is 501 g/mol. The van der Waals surface area contributed by atoms with E-state index in [1.165, 1.54) is 0 Å². The van der Waals surface area contributed by atoms with Crippen molar-refractivity contribution >= 4 is 29.0 Å². The first-order valence-corrected chi connectivity index (χ1v) is 13.3. The summed E-state index contributed by atoms with van der Waals surface area (Å²) in [7, 11) is 0. The van der Waals surface area contributed by atoms with Crippen molar-refractivity contribution in [3.05, 3.63) is 40.3 Å². The number of amides is 2. The third kappa shape index (κ3) is 6.25. The van der Waals surface area contributed by atoms with Crippen LogP contribution in [-0.2, 0) is 4.74 Å². The smallest absolute Gasteiger partial charge is 0.410 e. The van der Waals surface area contributed by atoms with Crippen molar-refractivity contribution in [2.24, 2.45) is 0 Å². The molecule has 0 spiro atoms. The standard InChI is InChI=1S/C26H36N4O4S/c1-5-33-22-9-7-6-8-21(22)28-14-16-29(17-15-28)24(31)20-18-35-23(27-20)19-10-12-30(13-11-19)25(32)34-26(2,3)4/h6-9,18-19H,5,10-17H2,1-4H3. The Morgan fingerprint density at radius 1 is 1.03 bits per heavy atom. The van der Waals surface area contributed by atoms with Crippen LogP contribution < -0.4 is 9.64 Å². The predicted octanol–water partition coefficient (Wildman–Crippen LogP) is 4.62. The first-order chi connectivity index (χ1) is 16.7. The Morgan fingerprint density at radius 3 is 2.37 bits per heavy atom. The zero-order valence-electron chi connectivity index (χ0n) is 21.2. The van der Waals surface area contributed by atoms with E-state index in [0.29, 0.717) is 38.5 Å². The topological polar surface area (TPSA) is 75.2 Å². The number of carbonyl (C=O) groups excluding carboxylic acids is 2. The lowest BCUT2D eigenvalue weighted by Gasteiger charge is -2.36. The van der Waals surface area contributed by atoms with Crippen LogP contribution in [0.1, 0.15) is 62.0 Å². The van der Waals surface area contributed by atoms with Gasteiger partial charge in [-0.25, -0.2) is 9.78 Å². The first kappa shape index (κ1) is 25.3. The highest BCUT2D eigenvalue weighted by atomic mass is 32.1. The second kappa shape index (κ2) is 10.8. The number of carbonyl (C=O) groups is 2. The van der Waals surface area contributed by atoms with Crippen LogP contribution in [0.4, 0.5) is 10.5 Å². The molecular formula is C26H36N4O4S. The maximum absolute atomic E-state index is 13.1. The van der Waals surface area contributed by atoms with Crippen molar-refractivity contribution in [3.8, 4) is 5.75 Å². The van der Waals surface area contributed by atoms with Gasteiger partial charge in [-0.2, -0.15) is 0 Å². The predicted molar refractivity (Wildman–Crippen MR) is 138 cm³/mol. The molecule has 0 bridgehead atoms. The number of nitrogens with zero attached hydrogens (tertiary/aromatic N) is 4. The summed E-state index contributed by atoms with van der Waals surface area (Å²) in [5, 5.41) is 2.87. The second-order valence-corrected chi connectivity index (χ2v) is 10.9. The van der Waals surface area contributed by atoms with Gasteiger partial charge in [0.15, 0.2) is 0 Å². The third-order valence-electron chi connectivity index (χ3n) is 6.31. The average Bonchev–Trinajstić information content (AvgIpc) is 3.34. The molecule has 0 aliphatic carbocycles. The van der Waals surface area contributed by atoms with Gasteiger partial charge in [0.05, 0.1) is 17.3 Å².